The van der Waals surface area contributed by atoms with Crippen LogP contribution in [-0.4, -0.2) is 87.8 Å². The zero-order chi connectivity index (χ0) is 50.6. The van der Waals surface area contributed by atoms with Gasteiger partial charge in [-0.25, -0.2) is 4.98 Å². The number of phenolic OH excluding ortho intramolecular Hbond substituents is 1. The molecule has 15 heteroatoms. The van der Waals surface area contributed by atoms with Gasteiger partial charge in [0, 0.05) is 67.8 Å². The van der Waals surface area contributed by atoms with Crippen molar-refractivity contribution in [3.8, 4) is 57.1 Å². The highest BCUT2D eigenvalue weighted by molar-refractivity contribution is 5.87. The molecule has 72 heavy (non-hydrogen) atoms. The first-order chi connectivity index (χ1) is 35.0. The van der Waals surface area contributed by atoms with Crippen LogP contribution in [0.3, 0.4) is 0 Å². The molecule has 1 aliphatic heterocycles. The summed E-state index contributed by atoms with van der Waals surface area (Å²) in [5.74, 6) is 3.75. The Bertz CT molecular complexity index is 3200. The molecule has 3 N–H and O–H groups in total. The number of likely N-dealkylation sites (tertiary alicyclic amines) is 1. The summed E-state index contributed by atoms with van der Waals surface area (Å²) in [5.41, 5.74) is 6.34. The number of aliphatic hydroxyl groups excluding tert-OH is 1. The van der Waals surface area contributed by atoms with E-state index in [1.807, 2.05) is 109 Å². The van der Waals surface area contributed by atoms with Gasteiger partial charge in [-0.3, -0.25) is 24.4 Å². The first-order valence-corrected chi connectivity index (χ1v) is 23.7. The highest BCUT2D eigenvalue weighted by atomic mass is 16.5. The van der Waals surface area contributed by atoms with E-state index in [-0.39, 0.29) is 41.7 Å². The van der Waals surface area contributed by atoms with Crippen LogP contribution < -0.4 is 29.2 Å². The number of methoxy groups -OCH3 is 3. The number of aliphatic hydroxyl groups is 1. The molecule has 3 atom stereocenters. The van der Waals surface area contributed by atoms with Crippen LogP contribution in [-0.2, 0) is 16.2 Å². The molecular weight excluding hydrogens is 915 g/mol. The molecule has 0 unspecified atom stereocenters. The second kappa shape index (κ2) is 23.5. The van der Waals surface area contributed by atoms with Crippen LogP contribution in [0.5, 0.6) is 34.6 Å². The van der Waals surface area contributed by atoms with E-state index >= 15 is 0 Å². The van der Waals surface area contributed by atoms with Crippen molar-refractivity contribution >= 4 is 33.5 Å². The number of ketones is 1. The maximum Gasteiger partial charge on any atom is 0.257 e. The standard InChI is InChI=1S/C23H20N2O4.C21H20N2O4.C13H17NO2/c1-27-17-8-5-15(6-9-17)14-29-21-10-7-16(12-22(21)28-2)19-13-20-18(23(26)25-19)4-3-11-24-20;1-26-20-10-14(5-7-19(20)25)17-11-18-16(3-2-8-22-18)21(23-17)27-12-13-4-6-15(24)9-13;1-10(12-5-3-2-4-6-12)14-8-11(9-15)7-13(14)16/h3-13H,14H2,1-2H3,(H,25,26);2-3,5,7-8,10-11,13,25H,4,6,9,12H2,1H3;2-6,10-11,15H,7-9H2,1H3/t;13-;10-,11-/m.01/s1. The predicted molar refractivity (Wildman–Crippen MR) is 274 cm³/mol. The molecule has 1 amide bonds. The number of phenols is 1. The Kier molecular flexibility index (Phi) is 16.4. The van der Waals surface area contributed by atoms with Gasteiger partial charge in [-0.1, -0.05) is 42.5 Å². The largest absolute Gasteiger partial charge is 0.504 e. The van der Waals surface area contributed by atoms with Gasteiger partial charge in [-0.2, -0.15) is 0 Å². The maximum absolute atomic E-state index is 12.3. The third kappa shape index (κ3) is 12.2. The lowest BCUT2D eigenvalue weighted by Gasteiger charge is -2.25. The summed E-state index contributed by atoms with van der Waals surface area (Å²) in [4.78, 5) is 53.7. The van der Waals surface area contributed by atoms with Gasteiger partial charge in [0.05, 0.1) is 67.2 Å². The Morgan fingerprint density at radius 1 is 0.708 bits per heavy atom. The number of aromatic amines is 1. The van der Waals surface area contributed by atoms with Crippen LogP contribution in [0.1, 0.15) is 49.8 Å². The number of fused-ring (bicyclic) bond motifs is 2. The van der Waals surface area contributed by atoms with Crippen LogP contribution in [0.2, 0.25) is 0 Å². The number of carbonyl (C=O) groups excluding carboxylic acids is 2. The number of carbonyl (C=O) groups is 2. The van der Waals surface area contributed by atoms with E-state index in [1.54, 1.807) is 56.9 Å². The van der Waals surface area contributed by atoms with Gasteiger partial charge >= 0.3 is 0 Å². The zero-order valence-electron chi connectivity index (χ0n) is 40.6. The monoisotopic (exact) mass is 971 g/mol. The lowest BCUT2D eigenvalue weighted by atomic mass is 10.1. The van der Waals surface area contributed by atoms with Crippen molar-refractivity contribution in [1.29, 1.82) is 0 Å². The minimum Gasteiger partial charge on any atom is -0.504 e. The van der Waals surface area contributed by atoms with E-state index in [2.05, 4.69) is 19.9 Å². The molecule has 4 aromatic heterocycles. The van der Waals surface area contributed by atoms with E-state index in [0.717, 1.165) is 45.3 Å². The van der Waals surface area contributed by atoms with E-state index in [1.165, 1.54) is 7.11 Å². The summed E-state index contributed by atoms with van der Waals surface area (Å²) < 4.78 is 27.8. The quantitative estimate of drug-likeness (QED) is 0.0933. The number of nitrogens with one attached hydrogen (secondary N) is 1. The predicted octanol–water partition coefficient (Wildman–Crippen LogP) is 9.53. The summed E-state index contributed by atoms with van der Waals surface area (Å²) in [6.45, 7) is 3.67. The molecule has 2 aliphatic rings. The molecule has 1 saturated carbocycles. The summed E-state index contributed by atoms with van der Waals surface area (Å²) in [7, 11) is 4.73. The van der Waals surface area contributed by atoms with Crippen molar-refractivity contribution in [2.24, 2.45) is 11.8 Å². The van der Waals surface area contributed by atoms with Gasteiger partial charge in [0.1, 0.15) is 18.1 Å². The molecule has 0 spiro atoms. The topological polar surface area (TPSA) is 196 Å². The number of aromatic hydroxyl groups is 1. The number of H-pyrrole nitrogens is 1. The molecule has 4 aromatic carbocycles. The van der Waals surface area contributed by atoms with Crippen LogP contribution in [0.4, 0.5) is 0 Å². The molecule has 8 aromatic rings. The number of rotatable bonds is 14. The van der Waals surface area contributed by atoms with Gasteiger partial charge in [0.15, 0.2) is 23.0 Å². The Morgan fingerprint density at radius 2 is 1.42 bits per heavy atom. The summed E-state index contributed by atoms with van der Waals surface area (Å²) in [6.07, 6.45) is 5.95. The second-order valence-corrected chi connectivity index (χ2v) is 17.6. The molecule has 15 nitrogen and oxygen atoms in total. The minimum absolute atomic E-state index is 0.0718. The molecule has 0 bridgehead atoms. The molecule has 10 rings (SSSR count). The molecule has 5 heterocycles. The number of hydrogen-bond donors (Lipinski definition) is 3. The highest BCUT2D eigenvalue weighted by Gasteiger charge is 2.32. The fourth-order valence-corrected chi connectivity index (χ4v) is 8.67. The van der Waals surface area contributed by atoms with Gasteiger partial charge in [0.25, 0.3) is 5.56 Å². The SMILES string of the molecule is COc1cc(-c2cc3ncccc3c(OC[C@H]3CCC(=O)C3)n2)ccc1O.COc1ccc(COc2ccc(-c3cc4ncccc4c(=O)[nH]3)cc2OC)cc1.C[C@H](c1ccccc1)N1C[C@H](CO)CC1=O. The van der Waals surface area contributed by atoms with Crippen molar-refractivity contribution in [3.05, 3.63) is 161 Å². The minimum atomic E-state index is -0.176. The van der Waals surface area contributed by atoms with Gasteiger partial charge in [-0.15, -0.1) is 0 Å². The normalized spacial score (nSPS) is 15.5. The van der Waals surface area contributed by atoms with Crippen molar-refractivity contribution in [3.63, 3.8) is 0 Å². The number of ether oxygens (including phenoxy) is 5. The van der Waals surface area contributed by atoms with Crippen molar-refractivity contribution in [2.45, 2.75) is 45.3 Å². The lowest BCUT2D eigenvalue weighted by Crippen LogP contribution is -2.28. The van der Waals surface area contributed by atoms with E-state index in [9.17, 15) is 19.5 Å². The molecule has 0 radical (unpaired) electrons. The third-order valence-electron chi connectivity index (χ3n) is 12.7. The molecular formula is C57H57N5O10. The van der Waals surface area contributed by atoms with Crippen molar-refractivity contribution in [1.82, 2.24) is 24.8 Å². The number of amides is 1. The Morgan fingerprint density at radius 3 is 2.10 bits per heavy atom. The third-order valence-corrected chi connectivity index (χ3v) is 12.7. The van der Waals surface area contributed by atoms with Crippen molar-refractivity contribution in [2.75, 3.05) is 41.1 Å². The maximum atomic E-state index is 12.3. The van der Waals surface area contributed by atoms with Crippen LogP contribution in [0.15, 0.2) is 145 Å². The van der Waals surface area contributed by atoms with Gasteiger partial charge in [-0.05, 0) is 109 Å². The average molecular weight is 972 g/mol. The van der Waals surface area contributed by atoms with Crippen LogP contribution in [0.25, 0.3) is 44.3 Å². The number of Topliss-reactive ketones (excluding diaryl/α,β-unsaturated/α-hetero) is 1. The number of aromatic nitrogens is 4. The number of benzene rings is 4. The molecule has 370 valence electrons. The van der Waals surface area contributed by atoms with Gasteiger partial charge < -0.3 is 43.8 Å². The fourth-order valence-electron chi connectivity index (χ4n) is 8.67. The summed E-state index contributed by atoms with van der Waals surface area (Å²) in [6, 6.07) is 39.4. The Hall–Kier alpha value is -8.30. The smallest absolute Gasteiger partial charge is 0.257 e. The molecule has 1 aliphatic carbocycles. The van der Waals surface area contributed by atoms with Gasteiger partial charge in [0.2, 0.25) is 11.8 Å². The highest BCUT2D eigenvalue weighted by Crippen LogP contribution is 2.36. The molecule has 1 saturated heterocycles. The van der Waals surface area contributed by atoms with Crippen LogP contribution in [0, 0.1) is 11.8 Å². The van der Waals surface area contributed by atoms with Crippen LogP contribution >= 0.6 is 0 Å². The number of pyridine rings is 4. The summed E-state index contributed by atoms with van der Waals surface area (Å²) in [5, 5.41) is 20.3. The molecule has 2 fully saturated rings. The lowest BCUT2D eigenvalue weighted by molar-refractivity contribution is -0.129. The Labute approximate surface area is 417 Å². The first kappa shape index (κ1) is 50.1. The average Bonchev–Trinajstić information content (AvgIpc) is 4.03. The Balaban J connectivity index is 0.000000150. The summed E-state index contributed by atoms with van der Waals surface area (Å²) >= 11 is 0. The van der Waals surface area contributed by atoms with E-state index in [0.29, 0.717) is 90.2 Å². The zero-order valence-corrected chi connectivity index (χ0v) is 40.6. The van der Waals surface area contributed by atoms with E-state index in [4.69, 9.17) is 28.8 Å². The van der Waals surface area contributed by atoms with Crippen molar-refractivity contribution < 1.29 is 43.5 Å². The fraction of sp³-hybridized carbons (Fsp3) is 0.263. The first-order valence-electron chi connectivity index (χ1n) is 23.7. The number of hydrogen-bond acceptors (Lipinski definition) is 13. The van der Waals surface area contributed by atoms with E-state index < -0.39 is 0 Å². The second-order valence-electron chi connectivity index (χ2n) is 17.6. The number of nitrogens with zero attached hydrogens (tertiary/aromatic N) is 4.